The van der Waals surface area contributed by atoms with Crippen LogP contribution in [0, 0.1) is 5.41 Å². The van der Waals surface area contributed by atoms with Gasteiger partial charge in [-0.3, -0.25) is 0 Å². The SMILES string of the molecule is CNC(CCCc1cccs1)CCCC(C)(C)C. The number of thiophene rings is 1. The van der Waals surface area contributed by atoms with E-state index < -0.39 is 0 Å². The van der Waals surface area contributed by atoms with Gasteiger partial charge in [0, 0.05) is 10.9 Å². The Hall–Kier alpha value is -0.340. The molecule has 0 radical (unpaired) electrons. The van der Waals surface area contributed by atoms with Crippen LogP contribution in [0.25, 0.3) is 0 Å². The Bertz CT molecular complexity index is 297. The molecule has 1 rings (SSSR count). The third-order valence-corrected chi connectivity index (χ3v) is 4.38. The molecule has 1 heterocycles. The number of nitrogens with one attached hydrogen (secondary N) is 1. The molecule has 104 valence electrons. The Morgan fingerprint density at radius 3 is 2.50 bits per heavy atom. The van der Waals surface area contributed by atoms with Crippen molar-refractivity contribution in [2.24, 2.45) is 5.41 Å². The Labute approximate surface area is 117 Å². The fraction of sp³-hybridized carbons (Fsp3) is 0.750. The van der Waals surface area contributed by atoms with Gasteiger partial charge in [0.05, 0.1) is 0 Å². The van der Waals surface area contributed by atoms with Gasteiger partial charge in [-0.1, -0.05) is 33.3 Å². The Balaban J connectivity index is 2.13. The summed E-state index contributed by atoms with van der Waals surface area (Å²) in [5.74, 6) is 0. The molecule has 1 unspecified atom stereocenters. The second-order valence-electron chi connectivity index (χ2n) is 6.41. The summed E-state index contributed by atoms with van der Waals surface area (Å²) in [5, 5.41) is 5.65. The molecule has 0 saturated carbocycles. The van der Waals surface area contributed by atoms with Crippen LogP contribution in [0.2, 0.25) is 0 Å². The lowest BCUT2D eigenvalue weighted by Gasteiger charge is -2.21. The Kier molecular flexibility index (Phi) is 6.95. The molecule has 0 saturated heterocycles. The van der Waals surface area contributed by atoms with Crippen LogP contribution >= 0.6 is 11.3 Å². The van der Waals surface area contributed by atoms with E-state index >= 15 is 0 Å². The first kappa shape index (κ1) is 15.7. The van der Waals surface area contributed by atoms with Crippen molar-refractivity contribution in [3.05, 3.63) is 22.4 Å². The molecular formula is C16H29NS. The van der Waals surface area contributed by atoms with Crippen molar-refractivity contribution >= 4 is 11.3 Å². The molecule has 2 heteroatoms. The standard InChI is InChI=1S/C16H29NS/c1-16(2,3)12-6-9-14(17-4)8-5-10-15-11-7-13-18-15/h7,11,13-14,17H,5-6,8-10,12H2,1-4H3. The number of hydrogen-bond acceptors (Lipinski definition) is 2. The van der Waals surface area contributed by atoms with Gasteiger partial charge in [0.25, 0.3) is 0 Å². The van der Waals surface area contributed by atoms with Gasteiger partial charge in [0.2, 0.25) is 0 Å². The van der Waals surface area contributed by atoms with Crippen LogP contribution in [0.1, 0.15) is 57.8 Å². The number of aryl methyl sites for hydroxylation is 1. The molecule has 0 amide bonds. The predicted molar refractivity (Wildman–Crippen MR) is 83.4 cm³/mol. The summed E-state index contributed by atoms with van der Waals surface area (Å²) < 4.78 is 0. The van der Waals surface area contributed by atoms with E-state index in [1.54, 1.807) is 0 Å². The molecule has 0 aliphatic carbocycles. The second kappa shape index (κ2) is 7.96. The fourth-order valence-electron chi connectivity index (χ4n) is 2.29. The van der Waals surface area contributed by atoms with Gasteiger partial charge < -0.3 is 5.32 Å². The highest BCUT2D eigenvalue weighted by Crippen LogP contribution is 2.23. The van der Waals surface area contributed by atoms with Crippen molar-refractivity contribution in [2.75, 3.05) is 7.05 Å². The number of rotatable bonds is 8. The molecule has 1 N–H and O–H groups in total. The normalized spacial score (nSPS) is 13.8. The average Bonchev–Trinajstić information content (AvgIpc) is 2.78. The maximum atomic E-state index is 3.47. The monoisotopic (exact) mass is 267 g/mol. The summed E-state index contributed by atoms with van der Waals surface area (Å²) in [7, 11) is 2.10. The molecule has 0 aromatic carbocycles. The van der Waals surface area contributed by atoms with Crippen LogP contribution in [-0.4, -0.2) is 13.1 Å². The molecule has 1 aromatic heterocycles. The summed E-state index contributed by atoms with van der Waals surface area (Å²) in [6, 6.07) is 5.10. The van der Waals surface area contributed by atoms with Crippen LogP contribution in [0.3, 0.4) is 0 Å². The molecule has 0 fully saturated rings. The van der Waals surface area contributed by atoms with Crippen LogP contribution in [0.4, 0.5) is 0 Å². The maximum Gasteiger partial charge on any atom is 0.00641 e. The van der Waals surface area contributed by atoms with E-state index in [1.807, 2.05) is 11.3 Å². The highest BCUT2D eigenvalue weighted by Gasteiger charge is 2.12. The quantitative estimate of drug-likeness (QED) is 0.708. The molecular weight excluding hydrogens is 238 g/mol. The van der Waals surface area contributed by atoms with Gasteiger partial charge in [-0.15, -0.1) is 11.3 Å². The zero-order valence-electron chi connectivity index (χ0n) is 12.5. The molecule has 1 atom stereocenters. The number of hydrogen-bond donors (Lipinski definition) is 1. The summed E-state index contributed by atoms with van der Waals surface area (Å²) >= 11 is 1.88. The molecule has 0 aliphatic heterocycles. The minimum Gasteiger partial charge on any atom is -0.317 e. The van der Waals surface area contributed by atoms with Crippen LogP contribution < -0.4 is 5.32 Å². The third kappa shape index (κ3) is 7.17. The van der Waals surface area contributed by atoms with Gasteiger partial charge in [-0.2, -0.15) is 0 Å². The maximum absolute atomic E-state index is 3.47. The van der Waals surface area contributed by atoms with Crippen LogP contribution in [0.5, 0.6) is 0 Å². The molecule has 0 bridgehead atoms. The average molecular weight is 267 g/mol. The van der Waals surface area contributed by atoms with Gasteiger partial charge in [-0.05, 0) is 56.0 Å². The smallest absolute Gasteiger partial charge is 0.00641 e. The summed E-state index contributed by atoms with van der Waals surface area (Å²) in [4.78, 5) is 1.53. The predicted octanol–water partition coefficient (Wildman–Crippen LogP) is 4.88. The fourth-order valence-corrected chi connectivity index (χ4v) is 3.04. The van der Waals surface area contributed by atoms with Gasteiger partial charge >= 0.3 is 0 Å². The van der Waals surface area contributed by atoms with Crippen molar-refractivity contribution in [3.63, 3.8) is 0 Å². The first-order valence-corrected chi connectivity index (χ1v) is 8.09. The highest BCUT2D eigenvalue weighted by molar-refractivity contribution is 7.09. The molecule has 0 aliphatic rings. The van der Waals surface area contributed by atoms with Gasteiger partial charge in [0.15, 0.2) is 0 Å². The van der Waals surface area contributed by atoms with Crippen molar-refractivity contribution in [1.29, 1.82) is 0 Å². The van der Waals surface area contributed by atoms with Crippen LogP contribution in [-0.2, 0) is 6.42 Å². The molecule has 1 aromatic rings. The largest absolute Gasteiger partial charge is 0.317 e. The third-order valence-electron chi connectivity index (χ3n) is 3.44. The van der Waals surface area contributed by atoms with Crippen molar-refractivity contribution < 1.29 is 0 Å². The lowest BCUT2D eigenvalue weighted by atomic mass is 9.88. The lowest BCUT2D eigenvalue weighted by molar-refractivity contribution is 0.340. The minimum atomic E-state index is 0.481. The van der Waals surface area contributed by atoms with E-state index in [1.165, 1.54) is 43.4 Å². The van der Waals surface area contributed by atoms with Crippen molar-refractivity contribution in [2.45, 2.75) is 65.3 Å². The van der Waals surface area contributed by atoms with Crippen LogP contribution in [0.15, 0.2) is 17.5 Å². The highest BCUT2D eigenvalue weighted by atomic mass is 32.1. The second-order valence-corrected chi connectivity index (χ2v) is 7.44. The van der Waals surface area contributed by atoms with Crippen molar-refractivity contribution in [1.82, 2.24) is 5.32 Å². The summed E-state index contributed by atoms with van der Waals surface area (Å²) in [6.45, 7) is 6.99. The van der Waals surface area contributed by atoms with E-state index in [0.717, 1.165) is 0 Å². The molecule has 18 heavy (non-hydrogen) atoms. The topological polar surface area (TPSA) is 12.0 Å². The van der Waals surface area contributed by atoms with E-state index in [9.17, 15) is 0 Å². The zero-order valence-corrected chi connectivity index (χ0v) is 13.3. The first-order chi connectivity index (χ1) is 8.51. The zero-order chi connectivity index (χ0) is 13.4. The minimum absolute atomic E-state index is 0.481. The first-order valence-electron chi connectivity index (χ1n) is 7.21. The Morgan fingerprint density at radius 2 is 1.94 bits per heavy atom. The summed E-state index contributed by atoms with van der Waals surface area (Å²) in [6.07, 6.45) is 7.84. The van der Waals surface area contributed by atoms with Crippen molar-refractivity contribution in [3.8, 4) is 0 Å². The van der Waals surface area contributed by atoms with E-state index in [-0.39, 0.29) is 0 Å². The van der Waals surface area contributed by atoms with E-state index in [4.69, 9.17) is 0 Å². The van der Waals surface area contributed by atoms with E-state index in [0.29, 0.717) is 11.5 Å². The van der Waals surface area contributed by atoms with Gasteiger partial charge in [-0.25, -0.2) is 0 Å². The molecule has 0 spiro atoms. The van der Waals surface area contributed by atoms with E-state index in [2.05, 4.69) is 50.6 Å². The lowest BCUT2D eigenvalue weighted by Crippen LogP contribution is -2.25. The van der Waals surface area contributed by atoms with Gasteiger partial charge in [0.1, 0.15) is 0 Å². The summed E-state index contributed by atoms with van der Waals surface area (Å²) in [5.41, 5.74) is 0.481. The molecule has 1 nitrogen and oxygen atoms in total. The Morgan fingerprint density at radius 1 is 1.22 bits per heavy atom.